The van der Waals surface area contributed by atoms with Crippen LogP contribution in [0.3, 0.4) is 0 Å². The monoisotopic (exact) mass is 234 g/mol. The lowest BCUT2D eigenvalue weighted by atomic mass is 10.1. The molecule has 0 amide bonds. The summed E-state index contributed by atoms with van der Waals surface area (Å²) < 4.78 is 0. The highest BCUT2D eigenvalue weighted by molar-refractivity contribution is 5.25. The number of nitrogens with zero attached hydrogens (tertiary/aromatic N) is 1. The van der Waals surface area contributed by atoms with Crippen molar-refractivity contribution >= 4 is 0 Å². The fraction of sp³-hybridized carbons (Fsp3) is 0.600. The summed E-state index contributed by atoms with van der Waals surface area (Å²) in [6.45, 7) is 6.65. The van der Waals surface area contributed by atoms with Crippen LogP contribution in [0.2, 0.25) is 0 Å². The first-order valence-corrected chi connectivity index (χ1v) is 6.53. The van der Waals surface area contributed by atoms with E-state index in [-0.39, 0.29) is 0 Å². The predicted octanol–water partition coefficient (Wildman–Crippen LogP) is 2.81. The fourth-order valence-corrected chi connectivity index (χ4v) is 1.97. The molecule has 0 spiro atoms. The lowest BCUT2D eigenvalue weighted by molar-refractivity contribution is 0.311. The third kappa shape index (κ3) is 5.33. The van der Waals surface area contributed by atoms with Crippen LogP contribution in [-0.4, -0.2) is 31.6 Å². The highest BCUT2D eigenvalue weighted by Gasteiger charge is 2.03. The Bertz CT molecular complexity index is 322. The number of hydrogen-bond donors (Lipinski definition) is 1. The van der Waals surface area contributed by atoms with Gasteiger partial charge < -0.3 is 10.2 Å². The van der Waals surface area contributed by atoms with Crippen molar-refractivity contribution in [3.05, 3.63) is 35.4 Å². The number of nitrogens with one attached hydrogen (secondary N) is 1. The molecular formula is C15H26N2. The second-order valence-corrected chi connectivity index (χ2v) is 5.00. The number of rotatable bonds is 7. The molecule has 1 aromatic carbocycles. The van der Waals surface area contributed by atoms with Crippen LogP contribution in [0, 0.1) is 6.92 Å². The molecule has 1 N–H and O–H groups in total. The van der Waals surface area contributed by atoms with Gasteiger partial charge in [-0.3, -0.25) is 0 Å². The van der Waals surface area contributed by atoms with E-state index in [1.165, 1.54) is 30.5 Å². The Morgan fingerprint density at radius 1 is 1.29 bits per heavy atom. The molecule has 96 valence electrons. The van der Waals surface area contributed by atoms with E-state index < -0.39 is 0 Å². The summed E-state index contributed by atoms with van der Waals surface area (Å²) in [4.78, 5) is 2.41. The van der Waals surface area contributed by atoms with Crippen LogP contribution in [0.25, 0.3) is 0 Å². The van der Waals surface area contributed by atoms with E-state index >= 15 is 0 Å². The summed E-state index contributed by atoms with van der Waals surface area (Å²) in [6, 6.07) is 9.27. The molecule has 0 aromatic heterocycles. The Labute approximate surface area is 106 Å². The summed E-state index contributed by atoms with van der Waals surface area (Å²) in [5.41, 5.74) is 2.83. The molecule has 1 unspecified atom stereocenters. The fourth-order valence-electron chi connectivity index (χ4n) is 1.97. The Balaban J connectivity index is 2.30. The van der Waals surface area contributed by atoms with Crippen molar-refractivity contribution in [2.75, 3.05) is 20.6 Å². The number of hydrogen-bond acceptors (Lipinski definition) is 2. The van der Waals surface area contributed by atoms with E-state index in [1.54, 1.807) is 0 Å². The minimum Gasteiger partial charge on any atom is -0.317 e. The summed E-state index contributed by atoms with van der Waals surface area (Å²) in [5, 5.41) is 3.28. The van der Waals surface area contributed by atoms with Gasteiger partial charge in [-0.15, -0.1) is 0 Å². The summed E-state index contributed by atoms with van der Waals surface area (Å²) >= 11 is 0. The van der Waals surface area contributed by atoms with Crippen molar-refractivity contribution in [3.63, 3.8) is 0 Å². The van der Waals surface area contributed by atoms with Crippen LogP contribution >= 0.6 is 0 Å². The highest BCUT2D eigenvalue weighted by atomic mass is 15.1. The van der Waals surface area contributed by atoms with E-state index in [2.05, 4.69) is 55.4 Å². The molecule has 0 aliphatic rings. The third-order valence-electron chi connectivity index (χ3n) is 3.37. The Morgan fingerprint density at radius 2 is 2.00 bits per heavy atom. The maximum atomic E-state index is 3.28. The zero-order chi connectivity index (χ0) is 12.7. The molecule has 0 aliphatic carbocycles. The molecule has 2 heteroatoms. The maximum absolute atomic E-state index is 3.28. The zero-order valence-corrected chi connectivity index (χ0v) is 11.7. The van der Waals surface area contributed by atoms with Crippen LogP contribution in [0.15, 0.2) is 24.3 Å². The van der Waals surface area contributed by atoms with Gasteiger partial charge in [0, 0.05) is 12.6 Å². The average Bonchev–Trinajstić information content (AvgIpc) is 2.32. The first kappa shape index (κ1) is 14.2. The molecular weight excluding hydrogens is 208 g/mol. The van der Waals surface area contributed by atoms with Crippen molar-refractivity contribution in [1.82, 2.24) is 10.2 Å². The lowest BCUT2D eigenvalue weighted by Gasteiger charge is -2.19. The van der Waals surface area contributed by atoms with Crippen molar-refractivity contribution in [2.24, 2.45) is 0 Å². The molecule has 1 aromatic rings. The molecule has 0 bridgehead atoms. The first-order valence-electron chi connectivity index (χ1n) is 6.53. The molecule has 0 heterocycles. The molecule has 17 heavy (non-hydrogen) atoms. The summed E-state index contributed by atoms with van der Waals surface area (Å²) in [5.74, 6) is 0. The van der Waals surface area contributed by atoms with Crippen LogP contribution < -0.4 is 5.32 Å². The van der Waals surface area contributed by atoms with Gasteiger partial charge in [-0.1, -0.05) is 24.3 Å². The molecule has 0 aliphatic heterocycles. The first-order chi connectivity index (χ1) is 8.13. The quantitative estimate of drug-likeness (QED) is 0.780. The van der Waals surface area contributed by atoms with Crippen LogP contribution in [0.1, 0.15) is 30.9 Å². The highest BCUT2D eigenvalue weighted by Crippen LogP contribution is 2.10. The van der Waals surface area contributed by atoms with Crippen LogP contribution in [0.4, 0.5) is 0 Å². The minimum atomic E-state index is 0.627. The second kappa shape index (κ2) is 7.46. The summed E-state index contributed by atoms with van der Waals surface area (Å²) in [6.07, 6.45) is 2.50. The van der Waals surface area contributed by atoms with Gasteiger partial charge in [-0.2, -0.15) is 0 Å². The largest absolute Gasteiger partial charge is 0.317 e. The van der Waals surface area contributed by atoms with Crippen molar-refractivity contribution < 1.29 is 0 Å². The molecule has 1 atom stereocenters. The normalized spacial score (nSPS) is 13.0. The van der Waals surface area contributed by atoms with E-state index in [0.717, 1.165) is 6.54 Å². The smallest absolute Gasteiger partial charge is 0.0233 e. The average molecular weight is 234 g/mol. The van der Waals surface area contributed by atoms with E-state index in [0.29, 0.717) is 6.04 Å². The van der Waals surface area contributed by atoms with E-state index in [4.69, 9.17) is 0 Å². The number of aryl methyl sites for hydroxylation is 1. The third-order valence-corrected chi connectivity index (χ3v) is 3.37. The van der Waals surface area contributed by atoms with Gasteiger partial charge in [0.2, 0.25) is 0 Å². The van der Waals surface area contributed by atoms with Gasteiger partial charge in [-0.05, 0) is 58.5 Å². The Kier molecular flexibility index (Phi) is 6.23. The van der Waals surface area contributed by atoms with Gasteiger partial charge in [0.15, 0.2) is 0 Å². The Hall–Kier alpha value is -0.860. The van der Waals surface area contributed by atoms with Gasteiger partial charge >= 0.3 is 0 Å². The van der Waals surface area contributed by atoms with E-state index in [1.807, 2.05) is 7.05 Å². The molecule has 0 saturated carbocycles. The SMILES string of the molecule is CNC(C)CCCN(C)Cc1ccccc1C. The number of benzene rings is 1. The van der Waals surface area contributed by atoms with Crippen molar-refractivity contribution in [2.45, 2.75) is 39.3 Å². The van der Waals surface area contributed by atoms with Crippen LogP contribution in [0.5, 0.6) is 0 Å². The minimum absolute atomic E-state index is 0.627. The van der Waals surface area contributed by atoms with Gasteiger partial charge in [0.1, 0.15) is 0 Å². The van der Waals surface area contributed by atoms with Crippen LogP contribution in [-0.2, 0) is 6.54 Å². The molecule has 0 fully saturated rings. The molecule has 0 radical (unpaired) electrons. The van der Waals surface area contributed by atoms with E-state index in [9.17, 15) is 0 Å². The Morgan fingerprint density at radius 3 is 2.65 bits per heavy atom. The van der Waals surface area contributed by atoms with Gasteiger partial charge in [0.25, 0.3) is 0 Å². The molecule has 2 nitrogen and oxygen atoms in total. The van der Waals surface area contributed by atoms with Crippen molar-refractivity contribution in [1.29, 1.82) is 0 Å². The predicted molar refractivity (Wildman–Crippen MR) is 75.3 cm³/mol. The molecule has 0 saturated heterocycles. The van der Waals surface area contributed by atoms with Gasteiger partial charge in [0.05, 0.1) is 0 Å². The van der Waals surface area contributed by atoms with Gasteiger partial charge in [-0.25, -0.2) is 0 Å². The lowest BCUT2D eigenvalue weighted by Crippen LogP contribution is -2.24. The topological polar surface area (TPSA) is 15.3 Å². The zero-order valence-electron chi connectivity index (χ0n) is 11.7. The van der Waals surface area contributed by atoms with Crippen molar-refractivity contribution in [3.8, 4) is 0 Å². The molecule has 1 rings (SSSR count). The maximum Gasteiger partial charge on any atom is 0.0233 e. The summed E-state index contributed by atoms with van der Waals surface area (Å²) in [7, 11) is 4.23. The second-order valence-electron chi connectivity index (χ2n) is 5.00. The standard InChI is InChI=1S/C15H26N2/c1-13-8-5-6-10-15(13)12-17(4)11-7-9-14(2)16-3/h5-6,8,10,14,16H,7,9,11-12H2,1-4H3.